The lowest BCUT2D eigenvalue weighted by Crippen LogP contribution is -2.41. The average molecular weight is 230 g/mol. The molecule has 0 saturated carbocycles. The van der Waals surface area contributed by atoms with Gasteiger partial charge < -0.3 is 4.90 Å². The first-order valence-electron chi connectivity index (χ1n) is 5.99. The van der Waals surface area contributed by atoms with Gasteiger partial charge in [-0.05, 0) is 27.7 Å². The number of hydrogen-bond acceptors (Lipinski definition) is 2. The van der Waals surface area contributed by atoms with Gasteiger partial charge in [0.1, 0.15) is 6.17 Å². The van der Waals surface area contributed by atoms with Crippen molar-refractivity contribution in [3.8, 4) is 0 Å². The third-order valence-corrected chi connectivity index (χ3v) is 3.45. The maximum Gasteiger partial charge on any atom is 0.229 e. The van der Waals surface area contributed by atoms with E-state index in [4.69, 9.17) is 0 Å². The number of carbonyl (C=O) groups is 1. The van der Waals surface area contributed by atoms with Gasteiger partial charge in [-0.2, -0.15) is 0 Å². The minimum absolute atomic E-state index is 0.0642. The minimum atomic E-state index is -1.02. The molecule has 94 valence electrons. The fraction of sp³-hybridized carbons (Fsp3) is 0.917. The number of likely N-dealkylation sites (tertiary alicyclic amines) is 1. The van der Waals surface area contributed by atoms with Crippen LogP contribution in [0.1, 0.15) is 27.7 Å². The molecule has 1 amide bonds. The van der Waals surface area contributed by atoms with Crippen molar-refractivity contribution in [1.82, 2.24) is 9.80 Å². The second-order valence-corrected chi connectivity index (χ2v) is 5.21. The monoisotopic (exact) mass is 230 g/mol. The molecule has 0 bridgehead atoms. The first kappa shape index (κ1) is 13.4. The molecule has 16 heavy (non-hydrogen) atoms. The van der Waals surface area contributed by atoms with Crippen LogP contribution >= 0.6 is 0 Å². The number of rotatable bonds is 3. The minimum Gasteiger partial charge on any atom is -0.343 e. The summed E-state index contributed by atoms with van der Waals surface area (Å²) in [6, 6.07) is 0.438. The Kier molecular flexibility index (Phi) is 4.30. The van der Waals surface area contributed by atoms with Gasteiger partial charge in [0, 0.05) is 32.2 Å². The zero-order valence-corrected chi connectivity index (χ0v) is 10.9. The zero-order valence-electron chi connectivity index (χ0n) is 10.9. The summed E-state index contributed by atoms with van der Waals surface area (Å²) >= 11 is 0. The number of carbonyl (C=O) groups excluding carboxylic acids is 1. The molecule has 3 nitrogen and oxygen atoms in total. The summed E-state index contributed by atoms with van der Waals surface area (Å²) in [6.45, 7) is 8.90. The Bertz CT molecular complexity index is 255. The number of hydrogen-bond donors (Lipinski definition) is 0. The van der Waals surface area contributed by atoms with Crippen LogP contribution in [0.2, 0.25) is 0 Å². The third kappa shape index (κ3) is 2.73. The molecule has 0 aromatic heterocycles. The molecule has 4 heteroatoms. The Morgan fingerprint density at radius 2 is 1.88 bits per heavy atom. The topological polar surface area (TPSA) is 23.6 Å². The lowest BCUT2D eigenvalue weighted by atomic mass is 10.1. The summed E-state index contributed by atoms with van der Waals surface area (Å²) in [7, 11) is 1.75. The molecule has 1 fully saturated rings. The molecule has 1 saturated heterocycles. The summed E-state index contributed by atoms with van der Waals surface area (Å²) in [5.41, 5.74) is 0. The maximum absolute atomic E-state index is 13.8. The van der Waals surface area contributed by atoms with Crippen molar-refractivity contribution in [3.63, 3.8) is 0 Å². The van der Waals surface area contributed by atoms with E-state index in [-0.39, 0.29) is 11.9 Å². The Morgan fingerprint density at radius 1 is 1.31 bits per heavy atom. The molecule has 0 aliphatic carbocycles. The molecule has 1 rings (SSSR count). The van der Waals surface area contributed by atoms with Gasteiger partial charge in [-0.15, -0.1) is 0 Å². The highest BCUT2D eigenvalue weighted by Crippen LogP contribution is 2.24. The van der Waals surface area contributed by atoms with E-state index in [9.17, 15) is 9.18 Å². The van der Waals surface area contributed by atoms with E-state index in [2.05, 4.69) is 0 Å². The molecule has 2 unspecified atom stereocenters. The molecule has 0 N–H and O–H groups in total. The zero-order chi connectivity index (χ0) is 12.5. The predicted octanol–water partition coefficient (Wildman–Crippen LogP) is 1.53. The van der Waals surface area contributed by atoms with Crippen LogP contribution in [0.25, 0.3) is 0 Å². The van der Waals surface area contributed by atoms with E-state index in [1.54, 1.807) is 11.9 Å². The number of halogens is 1. The van der Waals surface area contributed by atoms with Crippen LogP contribution in [0.15, 0.2) is 0 Å². The van der Waals surface area contributed by atoms with Gasteiger partial charge in [-0.25, -0.2) is 4.39 Å². The van der Waals surface area contributed by atoms with Gasteiger partial charge in [0.05, 0.1) is 5.92 Å². The first-order chi connectivity index (χ1) is 7.34. The molecule has 0 aromatic carbocycles. The second-order valence-electron chi connectivity index (χ2n) is 5.21. The van der Waals surface area contributed by atoms with Gasteiger partial charge in [-0.1, -0.05) is 0 Å². The fourth-order valence-electron chi connectivity index (χ4n) is 1.96. The first-order valence-corrected chi connectivity index (χ1v) is 5.99. The van der Waals surface area contributed by atoms with E-state index in [0.29, 0.717) is 19.1 Å². The standard InChI is InChI=1S/C12H23FN2O/c1-8(2)14(5)12(16)10-6-15(9(3)4)7-11(10)13/h8-11H,6-7H2,1-5H3. The van der Waals surface area contributed by atoms with E-state index in [1.807, 2.05) is 32.6 Å². The summed E-state index contributed by atoms with van der Waals surface area (Å²) < 4.78 is 13.8. The van der Waals surface area contributed by atoms with Crippen molar-refractivity contribution in [2.24, 2.45) is 5.92 Å². The number of amides is 1. The van der Waals surface area contributed by atoms with Crippen molar-refractivity contribution in [1.29, 1.82) is 0 Å². The summed E-state index contributed by atoms with van der Waals surface area (Å²) in [5.74, 6) is -0.541. The second kappa shape index (κ2) is 5.13. The van der Waals surface area contributed by atoms with Crippen LogP contribution < -0.4 is 0 Å². The Hall–Kier alpha value is -0.640. The predicted molar refractivity (Wildman–Crippen MR) is 63.0 cm³/mol. The van der Waals surface area contributed by atoms with E-state index < -0.39 is 12.1 Å². The third-order valence-electron chi connectivity index (χ3n) is 3.45. The Labute approximate surface area is 97.6 Å². The number of nitrogens with zero attached hydrogens (tertiary/aromatic N) is 2. The molecule has 1 aliphatic heterocycles. The molecular formula is C12H23FN2O. The fourth-order valence-corrected chi connectivity index (χ4v) is 1.96. The van der Waals surface area contributed by atoms with Gasteiger partial charge in [0.25, 0.3) is 0 Å². The van der Waals surface area contributed by atoms with E-state index in [1.165, 1.54) is 0 Å². The molecular weight excluding hydrogens is 207 g/mol. The lowest BCUT2D eigenvalue weighted by Gasteiger charge is -2.26. The van der Waals surface area contributed by atoms with Gasteiger partial charge in [0.15, 0.2) is 0 Å². The number of alkyl halides is 1. The van der Waals surface area contributed by atoms with Crippen LogP contribution in [0.5, 0.6) is 0 Å². The highest BCUT2D eigenvalue weighted by atomic mass is 19.1. The van der Waals surface area contributed by atoms with Crippen LogP contribution in [-0.2, 0) is 4.79 Å². The van der Waals surface area contributed by atoms with Gasteiger partial charge >= 0.3 is 0 Å². The maximum atomic E-state index is 13.8. The normalized spacial score (nSPS) is 26.8. The molecule has 2 atom stereocenters. The highest BCUT2D eigenvalue weighted by Gasteiger charge is 2.40. The van der Waals surface area contributed by atoms with Crippen molar-refractivity contribution < 1.29 is 9.18 Å². The van der Waals surface area contributed by atoms with Crippen molar-refractivity contribution in [3.05, 3.63) is 0 Å². The molecule has 0 aromatic rings. The van der Waals surface area contributed by atoms with Crippen LogP contribution in [0.3, 0.4) is 0 Å². The summed E-state index contributed by atoms with van der Waals surface area (Å²) in [5, 5.41) is 0. The average Bonchev–Trinajstić information content (AvgIpc) is 2.58. The summed E-state index contributed by atoms with van der Waals surface area (Å²) in [4.78, 5) is 15.7. The van der Waals surface area contributed by atoms with E-state index in [0.717, 1.165) is 0 Å². The SMILES string of the molecule is CC(C)N1CC(F)C(C(=O)N(C)C(C)C)C1. The van der Waals surface area contributed by atoms with Gasteiger partial charge in [0.2, 0.25) is 5.91 Å². The molecule has 0 spiro atoms. The molecule has 0 radical (unpaired) electrons. The molecule has 1 aliphatic rings. The van der Waals surface area contributed by atoms with E-state index >= 15 is 0 Å². The smallest absolute Gasteiger partial charge is 0.229 e. The molecule has 1 heterocycles. The quantitative estimate of drug-likeness (QED) is 0.734. The Balaban J connectivity index is 2.64. The summed E-state index contributed by atoms with van der Waals surface area (Å²) in [6.07, 6.45) is -1.02. The van der Waals surface area contributed by atoms with Crippen LogP contribution in [-0.4, -0.2) is 54.1 Å². The van der Waals surface area contributed by atoms with Crippen molar-refractivity contribution >= 4 is 5.91 Å². The highest BCUT2D eigenvalue weighted by molar-refractivity contribution is 5.80. The lowest BCUT2D eigenvalue weighted by molar-refractivity contribution is -0.136. The van der Waals surface area contributed by atoms with Gasteiger partial charge in [-0.3, -0.25) is 9.69 Å². The Morgan fingerprint density at radius 3 is 2.25 bits per heavy atom. The van der Waals surface area contributed by atoms with Crippen LogP contribution in [0.4, 0.5) is 4.39 Å². The van der Waals surface area contributed by atoms with Crippen LogP contribution in [0, 0.1) is 5.92 Å². The largest absolute Gasteiger partial charge is 0.343 e. The van der Waals surface area contributed by atoms with Crippen molar-refractivity contribution in [2.75, 3.05) is 20.1 Å². The van der Waals surface area contributed by atoms with Crippen molar-refractivity contribution in [2.45, 2.75) is 46.0 Å².